The van der Waals surface area contributed by atoms with E-state index in [-0.39, 0.29) is 12.2 Å². The molecule has 110 valence electrons. The van der Waals surface area contributed by atoms with E-state index < -0.39 is 32.0 Å². The predicted molar refractivity (Wildman–Crippen MR) is 61.3 cm³/mol. The van der Waals surface area contributed by atoms with E-state index in [0.717, 1.165) is 4.68 Å². The SMILES string of the molecule is FC(F)(F)CCn1cc(I)c(COCC(F)(F)F)n1. The number of alkyl halides is 6. The molecule has 1 aromatic rings. The van der Waals surface area contributed by atoms with Crippen LogP contribution in [-0.2, 0) is 17.9 Å². The fourth-order valence-corrected chi connectivity index (χ4v) is 1.74. The number of hydrogen-bond donors (Lipinski definition) is 0. The summed E-state index contributed by atoms with van der Waals surface area (Å²) in [5.74, 6) is 0. The lowest BCUT2D eigenvalue weighted by Gasteiger charge is -2.06. The largest absolute Gasteiger partial charge is 0.411 e. The molecule has 0 bridgehead atoms. The molecule has 0 aliphatic heterocycles. The van der Waals surface area contributed by atoms with Crippen LogP contribution < -0.4 is 0 Å². The Hall–Kier alpha value is -0.520. The molecule has 3 nitrogen and oxygen atoms in total. The van der Waals surface area contributed by atoms with Crippen molar-refractivity contribution in [3.8, 4) is 0 Å². The number of halogens is 7. The molecule has 1 aromatic heterocycles. The van der Waals surface area contributed by atoms with Crippen LogP contribution >= 0.6 is 22.6 Å². The van der Waals surface area contributed by atoms with Gasteiger partial charge in [0, 0.05) is 12.7 Å². The molecule has 10 heteroatoms. The first-order valence-electron chi connectivity index (χ1n) is 5.00. The third-order valence-corrected chi connectivity index (χ3v) is 2.82. The number of nitrogens with zero attached hydrogens (tertiary/aromatic N) is 2. The van der Waals surface area contributed by atoms with Crippen molar-refractivity contribution in [2.24, 2.45) is 0 Å². The van der Waals surface area contributed by atoms with Crippen LogP contribution in [0, 0.1) is 3.57 Å². The van der Waals surface area contributed by atoms with E-state index in [1.165, 1.54) is 6.20 Å². The van der Waals surface area contributed by atoms with Gasteiger partial charge in [-0.3, -0.25) is 4.68 Å². The summed E-state index contributed by atoms with van der Waals surface area (Å²) in [6.07, 6.45) is -8.46. The summed E-state index contributed by atoms with van der Waals surface area (Å²) in [6, 6.07) is 0. The summed E-state index contributed by atoms with van der Waals surface area (Å²) in [5.41, 5.74) is 0.187. The van der Waals surface area contributed by atoms with Crippen LogP contribution in [-0.4, -0.2) is 28.7 Å². The highest BCUT2D eigenvalue weighted by atomic mass is 127. The number of aromatic nitrogens is 2. The lowest BCUT2D eigenvalue weighted by Crippen LogP contribution is -2.17. The first kappa shape index (κ1) is 16.5. The highest BCUT2D eigenvalue weighted by Gasteiger charge is 2.28. The average molecular weight is 402 g/mol. The predicted octanol–water partition coefficient (Wildman–Crippen LogP) is 3.52. The quantitative estimate of drug-likeness (QED) is 0.557. The van der Waals surface area contributed by atoms with Crippen molar-refractivity contribution >= 4 is 22.6 Å². The first-order chi connectivity index (χ1) is 8.57. The Bertz CT molecular complexity index is 414. The minimum atomic E-state index is -4.44. The molecule has 0 spiro atoms. The van der Waals surface area contributed by atoms with Crippen molar-refractivity contribution in [1.29, 1.82) is 0 Å². The average Bonchev–Trinajstić information content (AvgIpc) is 2.54. The summed E-state index contributed by atoms with van der Waals surface area (Å²) >= 11 is 1.78. The molecule has 0 amide bonds. The van der Waals surface area contributed by atoms with Gasteiger partial charge in [-0.1, -0.05) is 0 Å². The zero-order valence-corrected chi connectivity index (χ0v) is 11.5. The Labute approximate surface area is 118 Å². The Balaban J connectivity index is 2.50. The Kier molecular flexibility index (Phi) is 5.47. The van der Waals surface area contributed by atoms with Crippen LogP contribution in [0.15, 0.2) is 6.20 Å². The van der Waals surface area contributed by atoms with E-state index >= 15 is 0 Å². The third-order valence-electron chi connectivity index (χ3n) is 1.92. The summed E-state index contributed by atoms with van der Waals surface area (Å²) < 4.78 is 77.4. The minimum Gasteiger partial charge on any atom is -0.366 e. The molecule has 0 N–H and O–H groups in total. The molecule has 0 aliphatic carbocycles. The normalized spacial score (nSPS) is 13.0. The second kappa shape index (κ2) is 6.29. The number of aryl methyl sites for hydroxylation is 1. The Morgan fingerprint density at radius 2 is 1.79 bits per heavy atom. The third kappa shape index (κ3) is 6.99. The van der Waals surface area contributed by atoms with Gasteiger partial charge in [-0.15, -0.1) is 0 Å². The second-order valence-corrected chi connectivity index (χ2v) is 4.82. The van der Waals surface area contributed by atoms with E-state index in [1.807, 2.05) is 0 Å². The van der Waals surface area contributed by atoms with Crippen molar-refractivity contribution in [1.82, 2.24) is 9.78 Å². The van der Waals surface area contributed by atoms with Gasteiger partial charge in [0.1, 0.15) is 12.3 Å². The summed E-state index contributed by atoms with van der Waals surface area (Å²) in [7, 11) is 0. The molecular weight excluding hydrogens is 393 g/mol. The van der Waals surface area contributed by atoms with Gasteiger partial charge in [0.25, 0.3) is 0 Å². The van der Waals surface area contributed by atoms with Gasteiger partial charge in [0.2, 0.25) is 0 Å². The second-order valence-electron chi connectivity index (χ2n) is 3.66. The zero-order valence-electron chi connectivity index (χ0n) is 9.35. The standard InChI is InChI=1S/C9H9F6IN2O/c10-8(11,12)1-2-18-3-6(16)7(17-18)4-19-5-9(13,14)15/h3H,1-2,4-5H2. The zero-order chi connectivity index (χ0) is 14.7. The highest BCUT2D eigenvalue weighted by molar-refractivity contribution is 14.1. The molecule has 0 aliphatic rings. The summed E-state index contributed by atoms with van der Waals surface area (Å²) in [6.45, 7) is -2.19. The van der Waals surface area contributed by atoms with E-state index in [0.29, 0.717) is 3.57 Å². The van der Waals surface area contributed by atoms with Crippen LogP contribution in [0.2, 0.25) is 0 Å². The fraction of sp³-hybridized carbons (Fsp3) is 0.667. The van der Waals surface area contributed by atoms with Gasteiger partial charge in [0.15, 0.2) is 0 Å². The van der Waals surface area contributed by atoms with Crippen LogP contribution in [0.5, 0.6) is 0 Å². The van der Waals surface area contributed by atoms with Crippen molar-refractivity contribution in [3.63, 3.8) is 0 Å². The van der Waals surface area contributed by atoms with Gasteiger partial charge in [-0.2, -0.15) is 31.4 Å². The topological polar surface area (TPSA) is 27.1 Å². The van der Waals surface area contributed by atoms with Crippen LogP contribution in [0.25, 0.3) is 0 Å². The number of rotatable bonds is 5. The molecule has 0 atom stereocenters. The van der Waals surface area contributed by atoms with Gasteiger partial charge in [0.05, 0.1) is 16.6 Å². The molecular formula is C9H9F6IN2O. The lowest BCUT2D eigenvalue weighted by atomic mass is 10.4. The van der Waals surface area contributed by atoms with Crippen LogP contribution in [0.3, 0.4) is 0 Å². The molecule has 0 unspecified atom stereocenters. The molecule has 0 aromatic carbocycles. The molecule has 1 heterocycles. The van der Waals surface area contributed by atoms with E-state index in [2.05, 4.69) is 9.84 Å². The molecule has 0 radical (unpaired) electrons. The molecule has 0 saturated heterocycles. The van der Waals surface area contributed by atoms with Crippen molar-refractivity contribution in [3.05, 3.63) is 15.5 Å². The van der Waals surface area contributed by atoms with Crippen molar-refractivity contribution in [2.75, 3.05) is 6.61 Å². The molecule has 19 heavy (non-hydrogen) atoms. The molecule has 1 rings (SSSR count). The smallest absolute Gasteiger partial charge is 0.366 e. The lowest BCUT2D eigenvalue weighted by molar-refractivity contribution is -0.176. The maximum atomic E-state index is 12.0. The monoisotopic (exact) mass is 402 g/mol. The van der Waals surface area contributed by atoms with Crippen molar-refractivity contribution < 1.29 is 31.1 Å². The Morgan fingerprint density at radius 3 is 2.32 bits per heavy atom. The van der Waals surface area contributed by atoms with Gasteiger partial charge >= 0.3 is 12.4 Å². The maximum Gasteiger partial charge on any atom is 0.411 e. The van der Waals surface area contributed by atoms with E-state index in [4.69, 9.17) is 0 Å². The fourth-order valence-electron chi connectivity index (χ4n) is 1.15. The number of ether oxygens (including phenoxy) is 1. The Morgan fingerprint density at radius 1 is 1.16 bits per heavy atom. The highest BCUT2D eigenvalue weighted by Crippen LogP contribution is 2.21. The van der Waals surface area contributed by atoms with Crippen LogP contribution in [0.1, 0.15) is 12.1 Å². The van der Waals surface area contributed by atoms with E-state index in [1.54, 1.807) is 22.6 Å². The van der Waals surface area contributed by atoms with Gasteiger partial charge in [-0.05, 0) is 22.6 Å². The summed E-state index contributed by atoms with van der Waals surface area (Å²) in [5, 5.41) is 3.75. The maximum absolute atomic E-state index is 12.0. The first-order valence-corrected chi connectivity index (χ1v) is 6.08. The van der Waals surface area contributed by atoms with Gasteiger partial charge < -0.3 is 4.74 Å². The number of hydrogen-bond acceptors (Lipinski definition) is 2. The van der Waals surface area contributed by atoms with Crippen molar-refractivity contribution in [2.45, 2.75) is 31.9 Å². The van der Waals surface area contributed by atoms with Gasteiger partial charge in [-0.25, -0.2) is 0 Å². The summed E-state index contributed by atoms with van der Waals surface area (Å²) in [4.78, 5) is 0. The molecule has 0 saturated carbocycles. The minimum absolute atomic E-state index is 0.187. The van der Waals surface area contributed by atoms with Crippen LogP contribution in [0.4, 0.5) is 26.3 Å². The van der Waals surface area contributed by atoms with E-state index in [9.17, 15) is 26.3 Å². The molecule has 0 fully saturated rings.